The van der Waals surface area contributed by atoms with E-state index in [9.17, 15) is 4.79 Å². The standard InChI is InChI=1S/C20H27N9O/c1-15(2)12-17(30)21-6-7-29-19-16(13-26-29)18(24-14-25-19)27-8-10-28(11-9-27)20-22-4-3-5-23-20/h3-5,13-15H,6-12H2,1-2H3,(H,21,30). The SMILES string of the molecule is CC(C)CC(=O)NCCn1ncc2c(N3CCN(c4ncccn4)CC3)ncnc21. The molecule has 30 heavy (non-hydrogen) atoms. The van der Waals surface area contributed by atoms with Crippen molar-refractivity contribution < 1.29 is 4.79 Å². The number of rotatable bonds is 7. The first kappa shape index (κ1) is 20.0. The van der Waals surface area contributed by atoms with Crippen molar-refractivity contribution in [3.8, 4) is 0 Å². The Morgan fingerprint density at radius 2 is 1.80 bits per heavy atom. The van der Waals surface area contributed by atoms with Crippen LogP contribution in [0.4, 0.5) is 11.8 Å². The van der Waals surface area contributed by atoms with Crippen LogP contribution in [0.3, 0.4) is 0 Å². The summed E-state index contributed by atoms with van der Waals surface area (Å²) in [5.74, 6) is 2.07. The smallest absolute Gasteiger partial charge is 0.225 e. The van der Waals surface area contributed by atoms with Crippen LogP contribution in [0.1, 0.15) is 20.3 Å². The second-order valence-corrected chi connectivity index (χ2v) is 7.77. The van der Waals surface area contributed by atoms with Gasteiger partial charge in [0.05, 0.1) is 18.1 Å². The van der Waals surface area contributed by atoms with Crippen molar-refractivity contribution in [1.82, 2.24) is 35.0 Å². The number of hydrogen-bond acceptors (Lipinski definition) is 8. The summed E-state index contributed by atoms with van der Waals surface area (Å²) in [5, 5.41) is 8.35. The number of aromatic nitrogens is 6. The monoisotopic (exact) mass is 409 g/mol. The molecule has 1 N–H and O–H groups in total. The highest BCUT2D eigenvalue weighted by molar-refractivity contribution is 5.86. The van der Waals surface area contributed by atoms with E-state index in [-0.39, 0.29) is 5.91 Å². The Hall–Kier alpha value is -3.30. The molecule has 0 radical (unpaired) electrons. The fourth-order valence-electron chi connectivity index (χ4n) is 3.61. The minimum Gasteiger partial charge on any atom is -0.354 e. The normalized spacial score (nSPS) is 14.5. The van der Waals surface area contributed by atoms with E-state index in [1.165, 1.54) is 0 Å². The quantitative estimate of drug-likeness (QED) is 0.619. The number of anilines is 2. The van der Waals surface area contributed by atoms with Gasteiger partial charge >= 0.3 is 0 Å². The van der Waals surface area contributed by atoms with Crippen LogP contribution in [0.2, 0.25) is 0 Å². The van der Waals surface area contributed by atoms with E-state index in [0.717, 1.165) is 49.0 Å². The Kier molecular flexibility index (Phi) is 6.01. The van der Waals surface area contributed by atoms with Crippen LogP contribution in [-0.2, 0) is 11.3 Å². The number of nitrogens with zero attached hydrogens (tertiary/aromatic N) is 8. The molecule has 1 aliphatic rings. The van der Waals surface area contributed by atoms with Gasteiger partial charge in [0, 0.05) is 51.5 Å². The zero-order valence-electron chi connectivity index (χ0n) is 17.4. The zero-order chi connectivity index (χ0) is 20.9. The summed E-state index contributed by atoms with van der Waals surface area (Å²) in [7, 11) is 0. The van der Waals surface area contributed by atoms with Crippen LogP contribution in [0.5, 0.6) is 0 Å². The molecule has 10 heteroatoms. The van der Waals surface area contributed by atoms with Crippen molar-refractivity contribution in [2.24, 2.45) is 5.92 Å². The van der Waals surface area contributed by atoms with Gasteiger partial charge < -0.3 is 15.1 Å². The van der Waals surface area contributed by atoms with Gasteiger partial charge in [-0.25, -0.2) is 24.6 Å². The first-order valence-corrected chi connectivity index (χ1v) is 10.3. The van der Waals surface area contributed by atoms with E-state index in [0.29, 0.717) is 25.4 Å². The third kappa shape index (κ3) is 4.47. The number of amides is 1. The third-order valence-corrected chi connectivity index (χ3v) is 5.07. The topological polar surface area (TPSA) is 105 Å². The number of piperazine rings is 1. The number of carbonyl (C=O) groups is 1. The molecule has 0 bridgehead atoms. The summed E-state index contributed by atoms with van der Waals surface area (Å²) in [6.07, 6.45) is 7.46. The van der Waals surface area contributed by atoms with Crippen molar-refractivity contribution in [2.75, 3.05) is 42.5 Å². The van der Waals surface area contributed by atoms with E-state index in [1.54, 1.807) is 18.7 Å². The average Bonchev–Trinajstić information content (AvgIpc) is 3.17. The minimum absolute atomic E-state index is 0.0667. The molecule has 0 aromatic carbocycles. The van der Waals surface area contributed by atoms with Gasteiger partial charge in [0.15, 0.2) is 5.65 Å². The second-order valence-electron chi connectivity index (χ2n) is 7.77. The molecule has 0 saturated carbocycles. The van der Waals surface area contributed by atoms with Gasteiger partial charge in [0.25, 0.3) is 0 Å². The van der Waals surface area contributed by atoms with Crippen molar-refractivity contribution in [3.05, 3.63) is 31.0 Å². The summed E-state index contributed by atoms with van der Waals surface area (Å²) in [6.45, 7) is 8.45. The summed E-state index contributed by atoms with van der Waals surface area (Å²) in [5.41, 5.74) is 0.784. The first-order valence-electron chi connectivity index (χ1n) is 10.3. The van der Waals surface area contributed by atoms with Crippen molar-refractivity contribution in [1.29, 1.82) is 0 Å². The van der Waals surface area contributed by atoms with Crippen LogP contribution < -0.4 is 15.1 Å². The molecular formula is C20H27N9O. The first-order chi connectivity index (χ1) is 14.6. The molecular weight excluding hydrogens is 382 g/mol. The van der Waals surface area contributed by atoms with Gasteiger partial charge in [0.2, 0.25) is 11.9 Å². The predicted octanol–water partition coefficient (Wildman–Crippen LogP) is 1.11. The molecule has 1 aliphatic heterocycles. The molecule has 158 valence electrons. The largest absolute Gasteiger partial charge is 0.354 e. The van der Waals surface area contributed by atoms with Crippen LogP contribution in [-0.4, -0.2) is 68.3 Å². The molecule has 4 heterocycles. The fourth-order valence-corrected chi connectivity index (χ4v) is 3.61. The van der Waals surface area contributed by atoms with Crippen LogP contribution >= 0.6 is 0 Å². The minimum atomic E-state index is 0.0667. The molecule has 1 saturated heterocycles. The highest BCUT2D eigenvalue weighted by Crippen LogP contribution is 2.24. The molecule has 0 unspecified atom stereocenters. The summed E-state index contributed by atoms with van der Waals surface area (Å²) < 4.78 is 1.82. The highest BCUT2D eigenvalue weighted by Gasteiger charge is 2.22. The van der Waals surface area contributed by atoms with E-state index in [2.05, 4.69) is 40.2 Å². The Labute approximate surface area is 175 Å². The van der Waals surface area contributed by atoms with Crippen molar-refractivity contribution in [3.63, 3.8) is 0 Å². The highest BCUT2D eigenvalue weighted by atomic mass is 16.1. The van der Waals surface area contributed by atoms with Crippen molar-refractivity contribution in [2.45, 2.75) is 26.8 Å². The Bertz CT molecular complexity index is 980. The van der Waals surface area contributed by atoms with Gasteiger partial charge in [-0.15, -0.1) is 0 Å². The lowest BCUT2D eigenvalue weighted by Gasteiger charge is -2.35. The van der Waals surface area contributed by atoms with E-state index in [4.69, 9.17) is 0 Å². The Balaban J connectivity index is 1.40. The maximum Gasteiger partial charge on any atom is 0.225 e. The number of nitrogens with one attached hydrogen (secondary N) is 1. The second kappa shape index (κ2) is 9.02. The molecule has 3 aromatic rings. The number of fused-ring (bicyclic) bond motifs is 1. The Morgan fingerprint density at radius 3 is 2.53 bits per heavy atom. The summed E-state index contributed by atoms with van der Waals surface area (Å²) >= 11 is 0. The summed E-state index contributed by atoms with van der Waals surface area (Å²) in [4.78, 5) is 33.9. The maximum absolute atomic E-state index is 11.8. The lowest BCUT2D eigenvalue weighted by atomic mass is 10.1. The predicted molar refractivity (Wildman–Crippen MR) is 114 cm³/mol. The molecule has 0 atom stereocenters. The molecule has 1 amide bonds. The molecule has 3 aromatic heterocycles. The van der Waals surface area contributed by atoms with Crippen molar-refractivity contribution >= 4 is 28.7 Å². The lowest BCUT2D eigenvalue weighted by Crippen LogP contribution is -2.47. The Morgan fingerprint density at radius 1 is 1.07 bits per heavy atom. The molecule has 1 fully saturated rings. The molecule has 0 aliphatic carbocycles. The van der Waals surface area contributed by atoms with Gasteiger partial charge in [-0.05, 0) is 12.0 Å². The lowest BCUT2D eigenvalue weighted by molar-refractivity contribution is -0.121. The average molecular weight is 409 g/mol. The third-order valence-electron chi connectivity index (χ3n) is 5.07. The van der Waals surface area contributed by atoms with E-state index < -0.39 is 0 Å². The fraction of sp³-hybridized carbons (Fsp3) is 0.500. The zero-order valence-corrected chi connectivity index (χ0v) is 17.4. The van der Waals surface area contributed by atoms with Crippen LogP contribution in [0, 0.1) is 5.92 Å². The summed E-state index contributed by atoms with van der Waals surface area (Å²) in [6, 6.07) is 1.82. The van der Waals surface area contributed by atoms with Gasteiger partial charge in [-0.2, -0.15) is 5.10 Å². The van der Waals surface area contributed by atoms with Gasteiger partial charge in [-0.3, -0.25) is 4.79 Å². The van der Waals surface area contributed by atoms with Gasteiger partial charge in [-0.1, -0.05) is 13.8 Å². The van der Waals surface area contributed by atoms with Gasteiger partial charge in [0.1, 0.15) is 12.1 Å². The number of hydrogen-bond donors (Lipinski definition) is 1. The van der Waals surface area contributed by atoms with Crippen LogP contribution in [0.15, 0.2) is 31.0 Å². The van der Waals surface area contributed by atoms with Crippen LogP contribution in [0.25, 0.3) is 11.0 Å². The maximum atomic E-state index is 11.8. The molecule has 10 nitrogen and oxygen atoms in total. The number of carbonyl (C=O) groups excluding carboxylic acids is 1. The van der Waals surface area contributed by atoms with E-state index >= 15 is 0 Å². The molecule has 0 spiro atoms. The van der Waals surface area contributed by atoms with E-state index in [1.807, 2.05) is 30.8 Å². The molecule has 4 rings (SSSR count).